The first kappa shape index (κ1) is 15.9. The maximum Gasteiger partial charge on any atom is 0.222 e. The molecule has 86 valence electrons. The Morgan fingerprint density at radius 1 is 1.29 bits per heavy atom. The number of carbonyl (C=O) groups excluding carboxylic acids is 1. The number of hydrogen-bond donors (Lipinski definition) is 1. The maximum absolute atomic E-state index is 11.0. The first-order valence-corrected chi connectivity index (χ1v) is 5.82. The van der Waals surface area contributed by atoms with Gasteiger partial charge in [-0.1, -0.05) is 27.7 Å². The van der Waals surface area contributed by atoms with Gasteiger partial charge in [0.2, 0.25) is 5.91 Å². The van der Waals surface area contributed by atoms with Crippen LogP contribution in [-0.2, 0) is 4.79 Å². The Bertz CT molecular complexity index is 126. The van der Waals surface area contributed by atoms with Gasteiger partial charge in [0.25, 0.3) is 0 Å². The molecule has 0 aromatic heterocycles. The van der Waals surface area contributed by atoms with Crippen molar-refractivity contribution < 1.29 is 4.79 Å². The Hall–Kier alpha value is -0.570. The van der Waals surface area contributed by atoms with E-state index >= 15 is 0 Å². The van der Waals surface area contributed by atoms with Crippen molar-refractivity contribution in [2.45, 2.75) is 47.0 Å². The van der Waals surface area contributed by atoms with Gasteiger partial charge < -0.3 is 10.6 Å². The lowest BCUT2D eigenvalue weighted by Gasteiger charge is -2.13. The maximum atomic E-state index is 11.0. The van der Waals surface area contributed by atoms with E-state index in [4.69, 9.17) is 5.73 Å². The lowest BCUT2D eigenvalue weighted by atomic mass is 10.4. The summed E-state index contributed by atoms with van der Waals surface area (Å²) in [6.07, 6.45) is 2.71. The smallest absolute Gasteiger partial charge is 0.222 e. The van der Waals surface area contributed by atoms with Gasteiger partial charge in [0.1, 0.15) is 0 Å². The molecule has 0 aromatic carbocycles. The number of nitrogens with two attached hydrogens (primary N) is 1. The summed E-state index contributed by atoms with van der Waals surface area (Å²) in [5, 5.41) is 0. The second-order valence-corrected chi connectivity index (χ2v) is 2.63. The van der Waals surface area contributed by atoms with E-state index < -0.39 is 0 Å². The largest absolute Gasteiger partial charge is 0.343 e. The van der Waals surface area contributed by atoms with Crippen LogP contribution in [0, 0.1) is 0 Å². The predicted molar refractivity (Wildman–Crippen MR) is 62.2 cm³/mol. The monoisotopic (exact) mass is 202 g/mol. The van der Waals surface area contributed by atoms with Crippen molar-refractivity contribution in [1.82, 2.24) is 4.90 Å². The lowest BCUT2D eigenvalue weighted by Crippen LogP contribution is -2.27. The van der Waals surface area contributed by atoms with Gasteiger partial charge in [-0.2, -0.15) is 0 Å². The Labute approximate surface area is 88.7 Å². The van der Waals surface area contributed by atoms with E-state index in [1.807, 2.05) is 32.6 Å². The number of amides is 1. The average molecular weight is 202 g/mol. The fourth-order valence-electron chi connectivity index (χ4n) is 1.22. The van der Waals surface area contributed by atoms with Crippen molar-refractivity contribution in [3.05, 3.63) is 0 Å². The molecule has 0 saturated carbocycles. The molecule has 3 nitrogen and oxygen atoms in total. The first-order chi connectivity index (χ1) is 6.84. The highest BCUT2D eigenvalue weighted by Crippen LogP contribution is 2.08. The zero-order chi connectivity index (χ0) is 11.4. The van der Waals surface area contributed by atoms with Crippen molar-refractivity contribution in [2.75, 3.05) is 19.6 Å². The molecule has 0 radical (unpaired) electrons. The van der Waals surface area contributed by atoms with Crippen molar-refractivity contribution in [1.29, 1.82) is 0 Å². The van der Waals surface area contributed by atoms with Gasteiger partial charge in [0, 0.05) is 19.5 Å². The molecule has 3 heteroatoms. The minimum Gasteiger partial charge on any atom is -0.343 e. The SMILES string of the molecule is CC.CC.NCCCN1CCCC1=O. The molecule has 1 heterocycles. The molecule has 1 aliphatic heterocycles. The molecule has 0 unspecified atom stereocenters. The molecule has 0 atom stereocenters. The molecule has 0 aliphatic carbocycles. The molecule has 2 N–H and O–H groups in total. The summed E-state index contributed by atoms with van der Waals surface area (Å²) < 4.78 is 0. The Morgan fingerprint density at radius 3 is 2.21 bits per heavy atom. The highest BCUT2D eigenvalue weighted by Gasteiger charge is 2.18. The normalized spacial score (nSPS) is 14.1. The molecule has 0 aromatic rings. The number of likely N-dealkylation sites (tertiary alicyclic amines) is 1. The van der Waals surface area contributed by atoms with Crippen LogP contribution in [0.2, 0.25) is 0 Å². The van der Waals surface area contributed by atoms with Gasteiger partial charge >= 0.3 is 0 Å². The van der Waals surface area contributed by atoms with E-state index in [0.29, 0.717) is 12.5 Å². The second kappa shape index (κ2) is 12.4. The van der Waals surface area contributed by atoms with Crippen LogP contribution >= 0.6 is 0 Å². The van der Waals surface area contributed by atoms with Crippen molar-refractivity contribution in [3.63, 3.8) is 0 Å². The van der Waals surface area contributed by atoms with Gasteiger partial charge in [-0.3, -0.25) is 4.79 Å². The summed E-state index contributed by atoms with van der Waals surface area (Å²) in [6, 6.07) is 0. The van der Waals surface area contributed by atoms with Gasteiger partial charge in [0.15, 0.2) is 0 Å². The molecule has 1 fully saturated rings. The molecular formula is C11H26N2O. The summed E-state index contributed by atoms with van der Waals surface area (Å²) in [4.78, 5) is 12.9. The van der Waals surface area contributed by atoms with Crippen LogP contribution in [0.3, 0.4) is 0 Å². The molecule has 1 saturated heterocycles. The Morgan fingerprint density at radius 2 is 1.86 bits per heavy atom. The fourth-order valence-corrected chi connectivity index (χ4v) is 1.22. The zero-order valence-electron chi connectivity index (χ0n) is 10.2. The number of carbonyl (C=O) groups is 1. The minimum atomic E-state index is 0.299. The van der Waals surface area contributed by atoms with Crippen LogP contribution in [0.1, 0.15) is 47.0 Å². The lowest BCUT2D eigenvalue weighted by molar-refractivity contribution is -0.127. The van der Waals surface area contributed by atoms with Crippen molar-refractivity contribution >= 4 is 5.91 Å². The van der Waals surface area contributed by atoms with E-state index in [1.165, 1.54) is 0 Å². The molecular weight excluding hydrogens is 176 g/mol. The van der Waals surface area contributed by atoms with E-state index in [-0.39, 0.29) is 0 Å². The van der Waals surface area contributed by atoms with Crippen LogP contribution in [0.4, 0.5) is 0 Å². The predicted octanol–water partition coefficient (Wildman–Crippen LogP) is 2.01. The summed E-state index contributed by atoms with van der Waals surface area (Å²) in [5.74, 6) is 0.299. The summed E-state index contributed by atoms with van der Waals surface area (Å²) in [5.41, 5.74) is 5.31. The number of rotatable bonds is 3. The quantitative estimate of drug-likeness (QED) is 0.761. The second-order valence-electron chi connectivity index (χ2n) is 2.63. The minimum absolute atomic E-state index is 0.299. The summed E-state index contributed by atoms with van der Waals surface area (Å²) >= 11 is 0. The fraction of sp³-hybridized carbons (Fsp3) is 0.909. The molecule has 1 amide bonds. The molecule has 1 aliphatic rings. The van der Waals surface area contributed by atoms with Gasteiger partial charge in [0.05, 0.1) is 0 Å². The third-order valence-corrected chi connectivity index (χ3v) is 1.80. The van der Waals surface area contributed by atoms with Gasteiger partial charge in [-0.05, 0) is 19.4 Å². The highest BCUT2D eigenvalue weighted by molar-refractivity contribution is 5.77. The topological polar surface area (TPSA) is 46.3 Å². The van der Waals surface area contributed by atoms with Gasteiger partial charge in [-0.15, -0.1) is 0 Å². The van der Waals surface area contributed by atoms with E-state index in [0.717, 1.165) is 32.4 Å². The molecule has 0 spiro atoms. The third-order valence-electron chi connectivity index (χ3n) is 1.80. The average Bonchev–Trinajstić information content (AvgIpc) is 2.67. The zero-order valence-corrected chi connectivity index (χ0v) is 10.2. The van der Waals surface area contributed by atoms with E-state index in [9.17, 15) is 4.79 Å². The van der Waals surface area contributed by atoms with Crippen molar-refractivity contribution in [3.8, 4) is 0 Å². The molecule has 1 rings (SSSR count). The Kier molecular flexibility index (Phi) is 14.1. The van der Waals surface area contributed by atoms with Crippen LogP contribution in [-0.4, -0.2) is 30.4 Å². The molecule has 14 heavy (non-hydrogen) atoms. The van der Waals surface area contributed by atoms with E-state index in [2.05, 4.69) is 0 Å². The first-order valence-electron chi connectivity index (χ1n) is 5.82. The summed E-state index contributed by atoms with van der Waals surface area (Å²) in [7, 11) is 0. The Balaban J connectivity index is 0. The van der Waals surface area contributed by atoms with E-state index in [1.54, 1.807) is 0 Å². The van der Waals surface area contributed by atoms with Crippen LogP contribution in [0.25, 0.3) is 0 Å². The molecule has 0 bridgehead atoms. The summed E-state index contributed by atoms with van der Waals surface area (Å²) in [6.45, 7) is 10.5. The van der Waals surface area contributed by atoms with Crippen LogP contribution in [0.15, 0.2) is 0 Å². The van der Waals surface area contributed by atoms with Crippen LogP contribution in [0.5, 0.6) is 0 Å². The highest BCUT2D eigenvalue weighted by atomic mass is 16.2. The van der Waals surface area contributed by atoms with Crippen LogP contribution < -0.4 is 5.73 Å². The standard InChI is InChI=1S/C7H14N2O.2C2H6/c8-4-2-6-9-5-1-3-7(9)10;2*1-2/h1-6,8H2;2*1-2H3. The number of nitrogens with zero attached hydrogens (tertiary/aromatic N) is 1. The number of hydrogen-bond acceptors (Lipinski definition) is 2. The van der Waals surface area contributed by atoms with Crippen molar-refractivity contribution in [2.24, 2.45) is 5.73 Å². The third kappa shape index (κ3) is 6.89. The van der Waals surface area contributed by atoms with Gasteiger partial charge in [-0.25, -0.2) is 0 Å².